The molecule has 1 aromatic rings. The molecule has 0 fully saturated rings. The van der Waals surface area contributed by atoms with Crippen LogP contribution in [0.4, 0.5) is 4.39 Å². The van der Waals surface area contributed by atoms with E-state index in [0.717, 1.165) is 5.56 Å². The van der Waals surface area contributed by atoms with Crippen molar-refractivity contribution >= 4 is 17.7 Å². The number of benzene rings is 1. The molecule has 0 bridgehead atoms. The van der Waals surface area contributed by atoms with Crippen LogP contribution in [0.2, 0.25) is 0 Å². The van der Waals surface area contributed by atoms with E-state index in [0.29, 0.717) is 11.5 Å². The lowest BCUT2D eigenvalue weighted by atomic mass is 10.2. The fourth-order valence-corrected chi connectivity index (χ4v) is 1.98. The summed E-state index contributed by atoms with van der Waals surface area (Å²) < 4.78 is 18.1. The fraction of sp³-hybridized carbons (Fsp3) is 0.364. The van der Waals surface area contributed by atoms with Crippen LogP contribution < -0.4 is 10.5 Å². The minimum atomic E-state index is -0.375. The molecule has 0 saturated carbocycles. The van der Waals surface area contributed by atoms with Crippen molar-refractivity contribution in [3.63, 3.8) is 0 Å². The number of carbonyl (C=O) groups is 1. The summed E-state index contributed by atoms with van der Waals surface area (Å²) in [5.74, 6) is 0.416. The molecule has 88 valence electrons. The molecule has 1 amide bonds. The molecule has 1 aromatic carbocycles. The molecule has 1 atom stereocenters. The molecule has 0 aliphatic rings. The van der Waals surface area contributed by atoms with Gasteiger partial charge in [0.25, 0.3) is 0 Å². The van der Waals surface area contributed by atoms with Gasteiger partial charge in [-0.1, -0.05) is 0 Å². The number of hydrogen-bond donors (Lipinski definition) is 1. The van der Waals surface area contributed by atoms with Crippen molar-refractivity contribution in [3.05, 3.63) is 29.6 Å². The molecule has 0 heterocycles. The number of nitrogens with two attached hydrogens (primary N) is 1. The molecule has 0 aromatic heterocycles. The first kappa shape index (κ1) is 12.8. The van der Waals surface area contributed by atoms with Crippen molar-refractivity contribution in [2.24, 2.45) is 5.73 Å². The minimum absolute atomic E-state index is 0.298. The van der Waals surface area contributed by atoms with E-state index in [1.807, 2.05) is 0 Å². The Labute approximate surface area is 98.2 Å². The number of rotatable bonds is 5. The molecule has 2 N–H and O–H groups in total. The van der Waals surface area contributed by atoms with Crippen molar-refractivity contribution in [2.45, 2.75) is 17.9 Å². The molecule has 0 aliphatic heterocycles. The summed E-state index contributed by atoms with van der Waals surface area (Å²) in [6.45, 7) is 1.72. The van der Waals surface area contributed by atoms with E-state index >= 15 is 0 Å². The number of ether oxygens (including phenoxy) is 1. The standard InChI is InChI=1S/C11H14FNO2S/c1-7(11(13)14)16-6-8-5-9(12)3-4-10(8)15-2/h3-5,7H,6H2,1-2H3,(H2,13,14). The van der Waals surface area contributed by atoms with E-state index in [1.165, 1.54) is 31.0 Å². The summed E-state index contributed by atoms with van der Waals surface area (Å²) >= 11 is 1.35. The number of amides is 1. The maximum Gasteiger partial charge on any atom is 0.230 e. The third-order valence-electron chi connectivity index (χ3n) is 2.13. The molecule has 16 heavy (non-hydrogen) atoms. The van der Waals surface area contributed by atoms with Crippen molar-refractivity contribution in [2.75, 3.05) is 7.11 Å². The second-order valence-corrected chi connectivity index (χ2v) is 4.64. The molecule has 1 unspecified atom stereocenters. The highest BCUT2D eigenvalue weighted by Crippen LogP contribution is 2.26. The average molecular weight is 243 g/mol. The highest BCUT2D eigenvalue weighted by Gasteiger charge is 2.11. The highest BCUT2D eigenvalue weighted by molar-refractivity contribution is 7.99. The van der Waals surface area contributed by atoms with Gasteiger partial charge < -0.3 is 10.5 Å². The molecule has 3 nitrogen and oxygen atoms in total. The highest BCUT2D eigenvalue weighted by atomic mass is 32.2. The van der Waals surface area contributed by atoms with Gasteiger partial charge in [0.15, 0.2) is 0 Å². The van der Waals surface area contributed by atoms with Gasteiger partial charge in [-0.25, -0.2) is 4.39 Å². The Bertz CT molecular complexity index is 384. The molecule has 1 rings (SSSR count). The normalized spacial score (nSPS) is 12.2. The maximum absolute atomic E-state index is 13.0. The molecule has 0 radical (unpaired) electrons. The topological polar surface area (TPSA) is 52.3 Å². The average Bonchev–Trinajstić information content (AvgIpc) is 2.25. The van der Waals surface area contributed by atoms with Crippen molar-refractivity contribution in [1.82, 2.24) is 0 Å². The number of primary amides is 1. The van der Waals surface area contributed by atoms with Crippen molar-refractivity contribution < 1.29 is 13.9 Å². The van der Waals surface area contributed by atoms with Gasteiger partial charge in [-0.15, -0.1) is 11.8 Å². The van der Waals surface area contributed by atoms with Gasteiger partial charge in [0.2, 0.25) is 5.91 Å². The van der Waals surface area contributed by atoms with E-state index in [9.17, 15) is 9.18 Å². The predicted octanol–water partition coefficient (Wildman–Crippen LogP) is 1.94. The summed E-state index contributed by atoms with van der Waals surface area (Å²) in [5, 5.41) is -0.298. The molecule has 0 saturated heterocycles. The molecule has 0 aliphatic carbocycles. The maximum atomic E-state index is 13.0. The molecular formula is C11H14FNO2S. The van der Waals surface area contributed by atoms with Gasteiger partial charge in [-0.3, -0.25) is 4.79 Å². The third kappa shape index (κ3) is 3.41. The largest absolute Gasteiger partial charge is 0.496 e. The van der Waals surface area contributed by atoms with Crippen molar-refractivity contribution in [3.8, 4) is 5.75 Å². The van der Waals surface area contributed by atoms with E-state index in [2.05, 4.69) is 0 Å². The van der Waals surface area contributed by atoms with Crippen LogP contribution in [-0.2, 0) is 10.5 Å². The molecular weight excluding hydrogens is 229 g/mol. The van der Waals surface area contributed by atoms with Crippen LogP contribution in [0.25, 0.3) is 0 Å². The lowest BCUT2D eigenvalue weighted by Gasteiger charge is -2.10. The first-order valence-corrected chi connectivity index (χ1v) is 5.82. The third-order valence-corrected chi connectivity index (χ3v) is 3.34. The number of thioether (sulfide) groups is 1. The lowest BCUT2D eigenvalue weighted by Crippen LogP contribution is -2.22. The molecule has 0 spiro atoms. The summed E-state index contributed by atoms with van der Waals surface area (Å²) in [6.07, 6.45) is 0. The van der Waals surface area contributed by atoms with Crippen LogP contribution in [-0.4, -0.2) is 18.3 Å². The van der Waals surface area contributed by atoms with Gasteiger partial charge in [0.1, 0.15) is 11.6 Å². The van der Waals surface area contributed by atoms with Gasteiger partial charge in [0, 0.05) is 11.3 Å². The van der Waals surface area contributed by atoms with E-state index in [4.69, 9.17) is 10.5 Å². The van der Waals surface area contributed by atoms with Crippen LogP contribution in [0.1, 0.15) is 12.5 Å². The monoisotopic (exact) mass is 243 g/mol. The SMILES string of the molecule is COc1ccc(F)cc1CSC(C)C(N)=O. The van der Waals surface area contributed by atoms with Gasteiger partial charge in [-0.2, -0.15) is 0 Å². The fourth-order valence-electron chi connectivity index (χ4n) is 1.16. The van der Waals surface area contributed by atoms with Crippen LogP contribution >= 0.6 is 11.8 Å². The second-order valence-electron chi connectivity index (χ2n) is 3.31. The quantitative estimate of drug-likeness (QED) is 0.859. The second kappa shape index (κ2) is 5.75. The summed E-state index contributed by atoms with van der Waals surface area (Å²) in [7, 11) is 1.53. The Morgan fingerprint density at radius 3 is 2.88 bits per heavy atom. The number of methoxy groups -OCH3 is 1. The van der Waals surface area contributed by atoms with Gasteiger partial charge in [-0.05, 0) is 25.1 Å². The zero-order valence-corrected chi connectivity index (χ0v) is 10.0. The Morgan fingerprint density at radius 1 is 1.62 bits per heavy atom. The van der Waals surface area contributed by atoms with Crippen LogP contribution in [0, 0.1) is 5.82 Å². The van der Waals surface area contributed by atoms with E-state index < -0.39 is 0 Å². The Balaban J connectivity index is 2.72. The summed E-state index contributed by atoms with van der Waals surface area (Å²) in [4.78, 5) is 10.8. The van der Waals surface area contributed by atoms with Crippen LogP contribution in [0.15, 0.2) is 18.2 Å². The zero-order chi connectivity index (χ0) is 12.1. The first-order chi connectivity index (χ1) is 7.54. The smallest absolute Gasteiger partial charge is 0.230 e. The zero-order valence-electron chi connectivity index (χ0n) is 9.20. The van der Waals surface area contributed by atoms with E-state index in [-0.39, 0.29) is 17.0 Å². The first-order valence-electron chi connectivity index (χ1n) is 4.78. The Kier molecular flexibility index (Phi) is 4.61. The van der Waals surface area contributed by atoms with Crippen LogP contribution in [0.5, 0.6) is 5.75 Å². The van der Waals surface area contributed by atoms with Gasteiger partial charge in [0.05, 0.1) is 12.4 Å². The van der Waals surface area contributed by atoms with Crippen LogP contribution in [0.3, 0.4) is 0 Å². The summed E-state index contributed by atoms with van der Waals surface area (Å²) in [5.41, 5.74) is 5.86. The van der Waals surface area contributed by atoms with Gasteiger partial charge >= 0.3 is 0 Å². The summed E-state index contributed by atoms with van der Waals surface area (Å²) in [6, 6.07) is 4.31. The predicted molar refractivity (Wildman–Crippen MR) is 62.9 cm³/mol. The van der Waals surface area contributed by atoms with E-state index in [1.54, 1.807) is 13.0 Å². The molecule has 5 heteroatoms. The number of hydrogen-bond acceptors (Lipinski definition) is 3. The minimum Gasteiger partial charge on any atom is -0.496 e. The number of carbonyl (C=O) groups excluding carboxylic acids is 1. The van der Waals surface area contributed by atoms with Crippen molar-refractivity contribution in [1.29, 1.82) is 0 Å². The Morgan fingerprint density at radius 2 is 2.31 bits per heavy atom. The Hall–Kier alpha value is -1.23. The number of halogens is 1. The lowest BCUT2D eigenvalue weighted by molar-refractivity contribution is -0.117.